The van der Waals surface area contributed by atoms with Crippen LogP contribution in [-0.4, -0.2) is 37.3 Å². The van der Waals surface area contributed by atoms with Gasteiger partial charge in [0.25, 0.3) is 10.0 Å². The van der Waals surface area contributed by atoms with Gasteiger partial charge < -0.3 is 5.32 Å². The molecule has 0 atom stereocenters. The first-order valence-electron chi connectivity index (χ1n) is 6.59. The quantitative estimate of drug-likeness (QED) is 0.611. The maximum atomic E-state index is 12.7. The third-order valence-electron chi connectivity index (χ3n) is 2.80. The number of hydrogen-bond acceptors (Lipinski definition) is 6. The molecule has 1 N–H and O–H groups in total. The summed E-state index contributed by atoms with van der Waals surface area (Å²) >= 11 is 0.885. The summed E-state index contributed by atoms with van der Waals surface area (Å²) in [6.45, 7) is 7.82. The molecule has 0 radical (unpaired) electrons. The predicted molar refractivity (Wildman–Crippen MR) is 84.4 cm³/mol. The molecule has 1 rings (SSSR count). The maximum Gasteiger partial charge on any atom is 0.304 e. The van der Waals surface area contributed by atoms with Crippen molar-refractivity contribution in [3.63, 3.8) is 0 Å². The lowest BCUT2D eigenvalue weighted by Gasteiger charge is -2.26. The molecule has 9 heteroatoms. The SMILES string of the molecule is CNc1sc(S(=O)(=O)N(CC(C)C)C(C)C)cc1[N+](=O)[O-]. The summed E-state index contributed by atoms with van der Waals surface area (Å²) in [5.41, 5.74) is -0.214. The molecule has 7 nitrogen and oxygen atoms in total. The normalized spacial score (nSPS) is 12.4. The average molecular weight is 335 g/mol. The molecule has 0 saturated carbocycles. The minimum Gasteiger partial charge on any atom is -0.374 e. The molecule has 0 saturated heterocycles. The highest BCUT2D eigenvalue weighted by Crippen LogP contribution is 2.38. The van der Waals surface area contributed by atoms with Crippen LogP contribution >= 0.6 is 11.3 Å². The van der Waals surface area contributed by atoms with E-state index in [4.69, 9.17) is 0 Å². The number of sulfonamides is 1. The summed E-state index contributed by atoms with van der Waals surface area (Å²) < 4.78 is 26.8. The first-order valence-corrected chi connectivity index (χ1v) is 8.84. The number of anilines is 1. The van der Waals surface area contributed by atoms with E-state index in [0.29, 0.717) is 6.54 Å². The van der Waals surface area contributed by atoms with Crippen LogP contribution in [0, 0.1) is 16.0 Å². The van der Waals surface area contributed by atoms with Crippen molar-refractivity contribution in [2.75, 3.05) is 18.9 Å². The van der Waals surface area contributed by atoms with E-state index in [9.17, 15) is 18.5 Å². The molecular formula is C12H21N3O4S2. The Balaban J connectivity index is 3.31. The largest absolute Gasteiger partial charge is 0.374 e. The van der Waals surface area contributed by atoms with Crippen molar-refractivity contribution in [3.05, 3.63) is 16.2 Å². The molecule has 1 heterocycles. The Labute approximate surface area is 129 Å². The average Bonchev–Trinajstić information content (AvgIpc) is 2.80. The second kappa shape index (κ2) is 6.71. The van der Waals surface area contributed by atoms with Gasteiger partial charge in [-0.3, -0.25) is 10.1 Å². The molecule has 0 unspecified atom stereocenters. The highest BCUT2D eigenvalue weighted by molar-refractivity contribution is 7.91. The van der Waals surface area contributed by atoms with Gasteiger partial charge in [0.2, 0.25) is 0 Å². The van der Waals surface area contributed by atoms with Gasteiger partial charge >= 0.3 is 5.69 Å². The van der Waals surface area contributed by atoms with Crippen LogP contribution < -0.4 is 5.32 Å². The summed E-state index contributed by atoms with van der Waals surface area (Å²) in [7, 11) is -2.20. The van der Waals surface area contributed by atoms with Crippen molar-refractivity contribution in [2.45, 2.75) is 37.9 Å². The Morgan fingerprint density at radius 1 is 1.38 bits per heavy atom. The number of rotatable bonds is 7. The molecule has 0 aliphatic rings. The first-order chi connectivity index (χ1) is 9.61. The molecule has 1 aromatic heterocycles. The smallest absolute Gasteiger partial charge is 0.304 e. The van der Waals surface area contributed by atoms with Crippen molar-refractivity contribution in [1.82, 2.24) is 4.31 Å². The van der Waals surface area contributed by atoms with Crippen molar-refractivity contribution in [1.29, 1.82) is 0 Å². The van der Waals surface area contributed by atoms with E-state index in [1.54, 1.807) is 13.8 Å². The van der Waals surface area contributed by atoms with Crippen LogP contribution in [0.15, 0.2) is 10.3 Å². The lowest BCUT2D eigenvalue weighted by atomic mass is 10.2. The fourth-order valence-electron chi connectivity index (χ4n) is 1.86. The molecule has 120 valence electrons. The number of nitro groups is 1. The van der Waals surface area contributed by atoms with E-state index in [1.807, 2.05) is 13.8 Å². The van der Waals surface area contributed by atoms with Crippen LogP contribution in [0.5, 0.6) is 0 Å². The molecule has 1 aromatic rings. The van der Waals surface area contributed by atoms with E-state index in [-0.39, 0.29) is 26.9 Å². The molecule has 0 fully saturated rings. The number of hydrogen-bond donors (Lipinski definition) is 1. The van der Waals surface area contributed by atoms with Gasteiger partial charge in [0, 0.05) is 25.7 Å². The third-order valence-corrected chi connectivity index (χ3v) is 6.43. The molecule has 0 amide bonds. The molecule has 21 heavy (non-hydrogen) atoms. The number of nitrogens with one attached hydrogen (secondary N) is 1. The summed E-state index contributed by atoms with van der Waals surface area (Å²) in [4.78, 5) is 10.4. The predicted octanol–water partition coefficient (Wildman–Crippen LogP) is 2.75. The zero-order valence-corrected chi connectivity index (χ0v) is 14.4. The lowest BCUT2D eigenvalue weighted by molar-refractivity contribution is -0.383. The Kier molecular flexibility index (Phi) is 5.71. The van der Waals surface area contributed by atoms with Gasteiger partial charge in [0.1, 0.15) is 4.21 Å². The minimum absolute atomic E-state index is 0.00657. The maximum absolute atomic E-state index is 12.7. The van der Waals surface area contributed by atoms with Crippen molar-refractivity contribution >= 4 is 32.0 Å². The lowest BCUT2D eigenvalue weighted by Crippen LogP contribution is -2.39. The van der Waals surface area contributed by atoms with Gasteiger partial charge in [-0.15, -0.1) is 0 Å². The van der Waals surface area contributed by atoms with Gasteiger partial charge in [-0.25, -0.2) is 8.42 Å². The summed E-state index contributed by atoms with van der Waals surface area (Å²) in [6, 6.07) is 0.915. The van der Waals surface area contributed by atoms with Gasteiger partial charge in [-0.05, 0) is 19.8 Å². The van der Waals surface area contributed by atoms with E-state index in [2.05, 4.69) is 5.32 Å². The summed E-state index contributed by atoms with van der Waals surface area (Å²) in [5.74, 6) is 0.167. The standard InChI is InChI=1S/C12H21N3O4S2/c1-8(2)7-14(9(3)4)21(18,19)11-6-10(15(16)17)12(13-5)20-11/h6,8-9,13H,7H2,1-5H3. The van der Waals surface area contributed by atoms with Crippen molar-refractivity contribution < 1.29 is 13.3 Å². The van der Waals surface area contributed by atoms with Crippen LogP contribution in [0.25, 0.3) is 0 Å². The van der Waals surface area contributed by atoms with E-state index < -0.39 is 14.9 Å². The zero-order valence-electron chi connectivity index (χ0n) is 12.8. The van der Waals surface area contributed by atoms with Crippen LogP contribution in [0.4, 0.5) is 10.7 Å². The van der Waals surface area contributed by atoms with Crippen LogP contribution in [0.2, 0.25) is 0 Å². The molecular weight excluding hydrogens is 314 g/mol. The monoisotopic (exact) mass is 335 g/mol. The third kappa shape index (κ3) is 3.92. The second-order valence-electron chi connectivity index (χ2n) is 5.35. The van der Waals surface area contributed by atoms with Crippen LogP contribution in [-0.2, 0) is 10.0 Å². The molecule has 0 bridgehead atoms. The number of thiophene rings is 1. The topological polar surface area (TPSA) is 92.6 Å². The van der Waals surface area contributed by atoms with E-state index in [0.717, 1.165) is 17.4 Å². The number of nitrogens with zero attached hydrogens (tertiary/aromatic N) is 2. The van der Waals surface area contributed by atoms with Crippen molar-refractivity contribution in [3.8, 4) is 0 Å². The Morgan fingerprint density at radius 2 is 1.95 bits per heavy atom. The summed E-state index contributed by atoms with van der Waals surface area (Å²) in [5, 5.41) is 13.9. The fourth-order valence-corrected chi connectivity index (χ4v) is 5.07. The van der Waals surface area contributed by atoms with E-state index >= 15 is 0 Å². The Bertz CT molecular complexity index is 608. The first kappa shape index (κ1) is 17.9. The van der Waals surface area contributed by atoms with Gasteiger partial charge in [0.15, 0.2) is 5.00 Å². The van der Waals surface area contributed by atoms with Crippen LogP contribution in [0.1, 0.15) is 27.7 Å². The molecule has 0 aliphatic carbocycles. The molecule has 0 aliphatic heterocycles. The fraction of sp³-hybridized carbons (Fsp3) is 0.667. The second-order valence-corrected chi connectivity index (χ2v) is 8.52. The van der Waals surface area contributed by atoms with Crippen molar-refractivity contribution in [2.24, 2.45) is 5.92 Å². The van der Waals surface area contributed by atoms with E-state index in [1.165, 1.54) is 11.4 Å². The molecule has 0 aromatic carbocycles. The summed E-state index contributed by atoms with van der Waals surface area (Å²) in [6.07, 6.45) is 0. The van der Waals surface area contributed by atoms with Gasteiger partial charge in [-0.2, -0.15) is 4.31 Å². The Morgan fingerprint density at radius 3 is 2.29 bits per heavy atom. The van der Waals surface area contributed by atoms with Gasteiger partial charge in [0.05, 0.1) is 4.92 Å². The Hall–Kier alpha value is -1.19. The molecule has 0 spiro atoms. The zero-order chi connectivity index (χ0) is 16.4. The van der Waals surface area contributed by atoms with Crippen LogP contribution in [0.3, 0.4) is 0 Å². The highest BCUT2D eigenvalue weighted by atomic mass is 32.2. The highest BCUT2D eigenvalue weighted by Gasteiger charge is 2.32. The minimum atomic E-state index is -3.73. The van der Waals surface area contributed by atoms with Gasteiger partial charge in [-0.1, -0.05) is 25.2 Å².